The Labute approximate surface area is 189 Å². The normalized spacial score (nSPS) is 25.7. The predicted molar refractivity (Wildman–Crippen MR) is 124 cm³/mol. The molecule has 3 N–H and O–H groups in total. The number of nitrogens with zero attached hydrogens (tertiary/aromatic N) is 5. The number of anilines is 1. The molecule has 0 radical (unpaired) electrons. The summed E-state index contributed by atoms with van der Waals surface area (Å²) in [5.41, 5.74) is 10.6. The van der Waals surface area contributed by atoms with Crippen molar-refractivity contribution in [1.82, 2.24) is 24.7 Å². The number of piperidine rings is 1. The fourth-order valence-corrected chi connectivity index (χ4v) is 5.97. The van der Waals surface area contributed by atoms with Crippen LogP contribution < -0.4 is 10.6 Å². The number of H-pyrrole nitrogens is 1. The van der Waals surface area contributed by atoms with Gasteiger partial charge in [0.2, 0.25) is 0 Å². The molecule has 1 aromatic carbocycles. The molecular weight excluding hydrogens is 426 g/mol. The molecule has 3 fully saturated rings. The molecule has 3 saturated heterocycles. The van der Waals surface area contributed by atoms with Gasteiger partial charge in [-0.2, -0.15) is 5.10 Å². The number of hydrogen-bond donors (Lipinski definition) is 2. The van der Waals surface area contributed by atoms with E-state index >= 15 is 0 Å². The van der Waals surface area contributed by atoms with Crippen molar-refractivity contribution in [2.75, 3.05) is 18.1 Å². The fourth-order valence-electron chi connectivity index (χ4n) is 5.66. The van der Waals surface area contributed by atoms with E-state index < -0.39 is 0 Å². The Hall–Kier alpha value is -2.68. The van der Waals surface area contributed by atoms with Crippen LogP contribution in [0.25, 0.3) is 33.2 Å². The molecule has 9 heteroatoms. The molecule has 1 unspecified atom stereocenters. The number of aromatic amines is 1. The lowest BCUT2D eigenvalue weighted by Gasteiger charge is -2.38. The molecule has 3 aromatic heterocycles. The van der Waals surface area contributed by atoms with Crippen molar-refractivity contribution in [3.05, 3.63) is 35.7 Å². The van der Waals surface area contributed by atoms with Crippen LogP contribution in [0.15, 0.2) is 30.7 Å². The zero-order valence-corrected chi connectivity index (χ0v) is 18.3. The lowest BCUT2D eigenvalue weighted by molar-refractivity contribution is -0.0283. The average molecular weight is 450 g/mol. The minimum Gasteiger partial charge on any atom is -0.377 e. The van der Waals surface area contributed by atoms with Crippen molar-refractivity contribution in [3.8, 4) is 11.1 Å². The summed E-state index contributed by atoms with van der Waals surface area (Å²) in [5, 5.41) is 6.30. The highest BCUT2D eigenvalue weighted by Crippen LogP contribution is 2.40. The van der Waals surface area contributed by atoms with Gasteiger partial charge in [-0.15, -0.1) is 0 Å². The summed E-state index contributed by atoms with van der Waals surface area (Å²) in [7, 11) is 0. The largest absolute Gasteiger partial charge is 0.377 e. The van der Waals surface area contributed by atoms with Crippen molar-refractivity contribution >= 4 is 39.5 Å². The van der Waals surface area contributed by atoms with Gasteiger partial charge in [0.15, 0.2) is 5.65 Å². The van der Waals surface area contributed by atoms with E-state index in [1.54, 1.807) is 0 Å². The molecular formula is C23H24ClN7O. The zero-order valence-electron chi connectivity index (χ0n) is 17.5. The van der Waals surface area contributed by atoms with Crippen molar-refractivity contribution in [3.63, 3.8) is 0 Å². The third kappa shape index (κ3) is 2.73. The van der Waals surface area contributed by atoms with Gasteiger partial charge in [-0.3, -0.25) is 4.68 Å². The summed E-state index contributed by atoms with van der Waals surface area (Å²) in [5.74, 6) is 0.941. The lowest BCUT2D eigenvalue weighted by Crippen LogP contribution is -2.47. The summed E-state index contributed by atoms with van der Waals surface area (Å²) < 4.78 is 7.26. The first-order valence-electron chi connectivity index (χ1n) is 11.3. The van der Waals surface area contributed by atoms with Crippen LogP contribution in [0, 0.1) is 0 Å². The number of hydrogen-bond acceptors (Lipinski definition) is 6. The van der Waals surface area contributed by atoms with Gasteiger partial charge in [0.1, 0.15) is 11.3 Å². The highest BCUT2D eigenvalue weighted by Gasteiger charge is 2.40. The van der Waals surface area contributed by atoms with E-state index in [-0.39, 0.29) is 0 Å². The first kappa shape index (κ1) is 18.8. The second-order valence-corrected chi connectivity index (χ2v) is 9.69. The quantitative estimate of drug-likeness (QED) is 0.495. The van der Waals surface area contributed by atoms with Crippen LogP contribution in [0.5, 0.6) is 0 Å². The Morgan fingerprint density at radius 3 is 2.66 bits per heavy atom. The van der Waals surface area contributed by atoms with Crippen LogP contribution in [0.2, 0.25) is 5.02 Å². The van der Waals surface area contributed by atoms with Crippen molar-refractivity contribution in [1.29, 1.82) is 0 Å². The molecule has 164 valence electrons. The first-order valence-corrected chi connectivity index (χ1v) is 11.7. The van der Waals surface area contributed by atoms with Gasteiger partial charge >= 0.3 is 0 Å². The maximum Gasteiger partial charge on any atom is 0.159 e. The second kappa shape index (κ2) is 6.91. The first-order chi connectivity index (χ1) is 15.7. The number of fused-ring (bicyclic) bond motifs is 4. The molecule has 0 aliphatic carbocycles. The van der Waals surface area contributed by atoms with Crippen molar-refractivity contribution < 1.29 is 4.74 Å². The zero-order chi connectivity index (χ0) is 21.4. The molecule has 3 atom stereocenters. The Morgan fingerprint density at radius 1 is 1.09 bits per heavy atom. The molecule has 2 bridgehead atoms. The second-order valence-electron chi connectivity index (χ2n) is 9.31. The minimum absolute atomic E-state index is 0.291. The van der Waals surface area contributed by atoms with Crippen LogP contribution in [0.1, 0.15) is 31.7 Å². The van der Waals surface area contributed by atoms with Crippen LogP contribution in [0.3, 0.4) is 0 Å². The molecule has 7 rings (SSSR count). The maximum absolute atomic E-state index is 6.86. The Balaban J connectivity index is 1.27. The van der Waals surface area contributed by atoms with Crippen LogP contribution >= 0.6 is 11.6 Å². The number of benzene rings is 1. The van der Waals surface area contributed by atoms with Crippen LogP contribution in [0.4, 0.5) is 5.82 Å². The number of nitrogens with one attached hydrogen (secondary N) is 1. The van der Waals surface area contributed by atoms with Gasteiger partial charge in [-0.1, -0.05) is 17.7 Å². The predicted octanol–water partition coefficient (Wildman–Crippen LogP) is 3.66. The van der Waals surface area contributed by atoms with Crippen molar-refractivity contribution in [2.45, 2.75) is 49.9 Å². The number of ether oxygens (including phenoxy) is 1. The van der Waals surface area contributed by atoms with Crippen LogP contribution in [-0.2, 0) is 4.74 Å². The van der Waals surface area contributed by atoms with Gasteiger partial charge in [-0.05, 0) is 31.7 Å². The standard InChI is InChI=1S/C23H24ClN7O/c24-21-16(3-4-19-18(21)9-30(29-19)15-10-32-11-15)17-7-27-23-22(17)26-8-20(28-23)31-13-1-2-14(31)6-12(25)5-13/h3-4,7-9,12-15H,1-2,5-6,10-11,25H2,(H,27,28)/t12?,13-,14+. The summed E-state index contributed by atoms with van der Waals surface area (Å²) >= 11 is 6.86. The van der Waals surface area contributed by atoms with E-state index in [0.29, 0.717) is 42.4 Å². The van der Waals surface area contributed by atoms with E-state index in [1.807, 2.05) is 35.4 Å². The summed E-state index contributed by atoms with van der Waals surface area (Å²) in [6, 6.07) is 5.57. The monoisotopic (exact) mass is 449 g/mol. The van der Waals surface area contributed by atoms with Gasteiger partial charge in [0.25, 0.3) is 0 Å². The lowest BCUT2D eigenvalue weighted by atomic mass is 9.98. The fraction of sp³-hybridized carbons (Fsp3) is 0.435. The van der Waals surface area contributed by atoms with E-state index in [2.05, 4.69) is 15.0 Å². The average Bonchev–Trinajstić information content (AvgIpc) is 3.41. The summed E-state index contributed by atoms with van der Waals surface area (Å²) in [4.78, 5) is 15.5. The SMILES string of the molecule is NC1C[C@H]2CC[C@@H](C1)N2c1cnc2c(-c3ccc4nn(C5COC5)cc4c3Cl)c[nH]c2n1. The van der Waals surface area contributed by atoms with E-state index in [0.717, 1.165) is 51.9 Å². The molecule has 0 spiro atoms. The highest BCUT2D eigenvalue weighted by atomic mass is 35.5. The molecule has 0 saturated carbocycles. The third-order valence-corrected chi connectivity index (χ3v) is 7.74. The number of aromatic nitrogens is 5. The molecule has 0 amide bonds. The summed E-state index contributed by atoms with van der Waals surface area (Å²) in [6.07, 6.45) is 10.3. The smallest absolute Gasteiger partial charge is 0.159 e. The van der Waals surface area contributed by atoms with E-state index in [9.17, 15) is 0 Å². The Morgan fingerprint density at radius 2 is 1.91 bits per heavy atom. The maximum atomic E-state index is 6.86. The molecule has 6 heterocycles. The van der Waals surface area contributed by atoms with Gasteiger partial charge in [0, 0.05) is 47.0 Å². The third-order valence-electron chi connectivity index (χ3n) is 7.33. The highest BCUT2D eigenvalue weighted by molar-refractivity contribution is 6.38. The Bertz CT molecular complexity index is 1330. The molecule has 3 aliphatic rings. The number of halogens is 1. The molecule has 3 aliphatic heterocycles. The summed E-state index contributed by atoms with van der Waals surface area (Å²) in [6.45, 7) is 1.40. The van der Waals surface area contributed by atoms with Crippen LogP contribution in [-0.4, -0.2) is 56.1 Å². The number of rotatable bonds is 3. The number of nitrogens with two attached hydrogens (primary N) is 1. The van der Waals surface area contributed by atoms with Crippen molar-refractivity contribution in [2.24, 2.45) is 5.73 Å². The molecule has 4 aromatic rings. The molecule has 32 heavy (non-hydrogen) atoms. The van der Waals surface area contributed by atoms with Gasteiger partial charge < -0.3 is 20.4 Å². The van der Waals surface area contributed by atoms with E-state index in [1.165, 1.54) is 12.8 Å². The Kier molecular flexibility index (Phi) is 4.07. The van der Waals surface area contributed by atoms with E-state index in [4.69, 9.17) is 32.0 Å². The van der Waals surface area contributed by atoms with Gasteiger partial charge in [-0.25, -0.2) is 9.97 Å². The minimum atomic E-state index is 0.291. The van der Waals surface area contributed by atoms with Gasteiger partial charge in [0.05, 0.1) is 36.0 Å². The molecule has 8 nitrogen and oxygen atoms in total. The topological polar surface area (TPSA) is 97.9 Å².